The van der Waals surface area contributed by atoms with Gasteiger partial charge in [-0.25, -0.2) is 9.69 Å². The number of anilines is 1. The number of carbonyl (C=O) groups is 3. The molecule has 2 heterocycles. The molecule has 2 saturated heterocycles. The van der Waals surface area contributed by atoms with Crippen LogP contribution in [-0.4, -0.2) is 59.5 Å². The molecule has 236 valence electrons. The van der Waals surface area contributed by atoms with E-state index in [0.717, 1.165) is 11.1 Å². The van der Waals surface area contributed by atoms with Gasteiger partial charge in [0.2, 0.25) is 0 Å². The molecule has 0 unspecified atom stereocenters. The monoisotopic (exact) mass is 668 g/mol. The van der Waals surface area contributed by atoms with Crippen molar-refractivity contribution in [2.75, 3.05) is 31.1 Å². The van der Waals surface area contributed by atoms with Crippen LogP contribution in [0.25, 0.3) is 0 Å². The minimum absolute atomic E-state index is 0. The van der Waals surface area contributed by atoms with Gasteiger partial charge in [-0.1, -0.05) is 72.1 Å². The molecule has 8 nitrogen and oxygen atoms in total. The van der Waals surface area contributed by atoms with E-state index in [0.29, 0.717) is 79.8 Å². The molecular formula is C34H35Cl3N4O4. The van der Waals surface area contributed by atoms with Gasteiger partial charge in [0.1, 0.15) is 5.54 Å². The van der Waals surface area contributed by atoms with Crippen molar-refractivity contribution >= 4 is 59.2 Å². The Morgan fingerprint density at radius 2 is 1.69 bits per heavy atom. The Hall–Kier alpha value is -3.61. The van der Waals surface area contributed by atoms with Crippen LogP contribution in [0.3, 0.4) is 0 Å². The molecule has 45 heavy (non-hydrogen) atoms. The molecule has 2 aliphatic heterocycles. The summed E-state index contributed by atoms with van der Waals surface area (Å²) < 4.78 is 5.05. The third-order valence-corrected chi connectivity index (χ3v) is 8.76. The van der Waals surface area contributed by atoms with Crippen LogP contribution < -0.4 is 4.90 Å². The highest BCUT2D eigenvalue weighted by atomic mass is 35.5. The van der Waals surface area contributed by atoms with Gasteiger partial charge < -0.3 is 9.64 Å². The van der Waals surface area contributed by atoms with Crippen LogP contribution in [0.5, 0.6) is 0 Å². The van der Waals surface area contributed by atoms with Crippen LogP contribution in [0.2, 0.25) is 10.0 Å². The number of halogens is 3. The number of benzene rings is 3. The summed E-state index contributed by atoms with van der Waals surface area (Å²) in [4.78, 5) is 46.1. The van der Waals surface area contributed by atoms with E-state index in [-0.39, 0.29) is 30.2 Å². The molecule has 0 aromatic heterocycles. The summed E-state index contributed by atoms with van der Waals surface area (Å²) in [5.74, 6) is -0.944. The number of amides is 3. The van der Waals surface area contributed by atoms with E-state index in [4.69, 9.17) is 27.9 Å². The van der Waals surface area contributed by atoms with Gasteiger partial charge in [0, 0.05) is 48.6 Å². The molecular weight excluding hydrogens is 635 g/mol. The van der Waals surface area contributed by atoms with Crippen molar-refractivity contribution in [3.8, 4) is 6.07 Å². The van der Waals surface area contributed by atoms with Crippen molar-refractivity contribution in [3.63, 3.8) is 0 Å². The van der Waals surface area contributed by atoms with E-state index < -0.39 is 11.6 Å². The van der Waals surface area contributed by atoms with E-state index in [9.17, 15) is 19.6 Å². The van der Waals surface area contributed by atoms with Crippen LogP contribution >= 0.6 is 35.6 Å². The van der Waals surface area contributed by atoms with Crippen LogP contribution in [0, 0.1) is 11.3 Å². The Bertz CT molecular complexity index is 1540. The number of likely N-dealkylation sites (tertiary alicyclic amines) is 1. The minimum Gasteiger partial charge on any atom is -0.466 e. The lowest BCUT2D eigenvalue weighted by Gasteiger charge is -2.36. The number of nitrogens with zero attached hydrogens (tertiary/aromatic N) is 4. The normalized spacial score (nSPS) is 19.6. The molecule has 11 heteroatoms. The molecule has 0 radical (unpaired) electrons. The van der Waals surface area contributed by atoms with Gasteiger partial charge in [-0.05, 0) is 61.2 Å². The van der Waals surface area contributed by atoms with Gasteiger partial charge in [-0.3, -0.25) is 14.5 Å². The highest BCUT2D eigenvalue weighted by Gasteiger charge is 2.65. The zero-order valence-corrected chi connectivity index (χ0v) is 27.3. The van der Waals surface area contributed by atoms with Crippen LogP contribution in [0.15, 0.2) is 72.8 Å². The lowest BCUT2D eigenvalue weighted by Crippen LogP contribution is -2.55. The topological polar surface area (TPSA) is 93.9 Å². The molecule has 1 spiro atoms. The summed E-state index contributed by atoms with van der Waals surface area (Å²) in [5, 5.41) is 10.1. The molecule has 0 N–H and O–H groups in total. The zero-order chi connectivity index (χ0) is 31.3. The van der Waals surface area contributed by atoms with E-state index in [1.807, 2.05) is 42.5 Å². The summed E-state index contributed by atoms with van der Waals surface area (Å²) in [5.41, 5.74) is 1.60. The largest absolute Gasteiger partial charge is 0.466 e. The lowest BCUT2D eigenvalue weighted by molar-refractivity contribution is -0.143. The first-order valence-electron chi connectivity index (χ1n) is 14.8. The first-order chi connectivity index (χ1) is 21.3. The number of carbonyl (C=O) groups excluding carboxylic acids is 3. The maximum absolute atomic E-state index is 14.8. The van der Waals surface area contributed by atoms with Crippen molar-refractivity contribution in [2.45, 2.75) is 50.6 Å². The molecule has 0 bridgehead atoms. The van der Waals surface area contributed by atoms with Gasteiger partial charge in [0.25, 0.3) is 5.91 Å². The van der Waals surface area contributed by atoms with Crippen molar-refractivity contribution in [2.24, 2.45) is 0 Å². The second-order valence-corrected chi connectivity index (χ2v) is 12.1. The smallest absolute Gasteiger partial charge is 0.332 e. The van der Waals surface area contributed by atoms with Crippen molar-refractivity contribution in [1.29, 1.82) is 5.26 Å². The number of hydrogen-bond acceptors (Lipinski definition) is 6. The second kappa shape index (κ2) is 15.1. The van der Waals surface area contributed by atoms with Gasteiger partial charge in [-0.15, -0.1) is 12.4 Å². The summed E-state index contributed by atoms with van der Waals surface area (Å²) >= 11 is 12.6. The van der Waals surface area contributed by atoms with Crippen molar-refractivity contribution < 1.29 is 19.1 Å². The SMILES string of the molecule is CCOC(=O)CCCCCN1C(=O)N(c2cc(Cl)cc(Cl)c2)C(=O)[C@]12CN(Cc1ccccc1)C[C@H]2c1ccc(C#N)cc1.Cl. The molecule has 2 aliphatic rings. The molecule has 2 atom stereocenters. The molecule has 3 amide bonds. The van der Waals surface area contributed by atoms with Gasteiger partial charge >= 0.3 is 12.0 Å². The Morgan fingerprint density at radius 3 is 2.33 bits per heavy atom. The van der Waals surface area contributed by atoms with Crippen LogP contribution in [-0.2, 0) is 20.9 Å². The second-order valence-electron chi connectivity index (χ2n) is 11.2. The van der Waals surface area contributed by atoms with E-state index in [1.54, 1.807) is 42.2 Å². The average Bonchev–Trinajstić information content (AvgIpc) is 3.47. The highest BCUT2D eigenvalue weighted by Crippen LogP contribution is 2.48. The Balaban J connectivity index is 0.00000461. The zero-order valence-electron chi connectivity index (χ0n) is 25.0. The molecule has 0 saturated carbocycles. The summed E-state index contributed by atoms with van der Waals surface area (Å²) in [6.07, 6.45) is 2.21. The summed E-state index contributed by atoms with van der Waals surface area (Å²) in [6, 6.07) is 23.7. The summed E-state index contributed by atoms with van der Waals surface area (Å²) in [7, 11) is 0. The maximum atomic E-state index is 14.8. The fraction of sp³-hybridized carbons (Fsp3) is 0.353. The van der Waals surface area contributed by atoms with Crippen LogP contribution in [0.1, 0.15) is 55.2 Å². The predicted octanol–water partition coefficient (Wildman–Crippen LogP) is 7.22. The quantitative estimate of drug-likeness (QED) is 0.122. The Kier molecular flexibility index (Phi) is 11.5. The molecule has 2 fully saturated rings. The number of esters is 1. The fourth-order valence-electron chi connectivity index (χ4n) is 6.38. The standard InChI is InChI=1S/C34H34Cl2N4O4.ClH/c1-2-44-31(41)11-7-4-8-16-39-33(43)40(29-18-27(35)17-28(36)19-29)32(42)34(39)23-38(21-25-9-5-3-6-10-25)22-30(34)26-14-12-24(20-37)13-15-26;/h3,5-6,9-10,12-15,17-19,30H,2,4,7-8,11,16,21-23H2,1H3;1H/t30-,34+;/m0./s1. The first kappa shape index (κ1) is 34.3. The number of imide groups is 1. The number of nitriles is 1. The number of ether oxygens (including phenoxy) is 1. The maximum Gasteiger partial charge on any atom is 0.332 e. The fourth-order valence-corrected chi connectivity index (χ4v) is 6.89. The number of unbranched alkanes of at least 4 members (excludes halogenated alkanes) is 2. The van der Waals surface area contributed by atoms with E-state index in [2.05, 4.69) is 11.0 Å². The average molecular weight is 670 g/mol. The molecule has 3 aromatic rings. The number of urea groups is 1. The summed E-state index contributed by atoms with van der Waals surface area (Å²) in [6.45, 7) is 3.90. The number of hydrogen-bond donors (Lipinski definition) is 0. The Morgan fingerprint density at radius 1 is 1.00 bits per heavy atom. The molecule has 5 rings (SSSR count). The first-order valence-corrected chi connectivity index (χ1v) is 15.6. The van der Waals surface area contributed by atoms with Crippen molar-refractivity contribution in [3.05, 3.63) is 99.5 Å². The van der Waals surface area contributed by atoms with Gasteiger partial charge in [0.15, 0.2) is 0 Å². The van der Waals surface area contributed by atoms with Gasteiger partial charge in [0.05, 0.1) is 23.9 Å². The third kappa shape index (κ3) is 7.29. The van der Waals surface area contributed by atoms with Gasteiger partial charge in [-0.2, -0.15) is 5.26 Å². The Labute approximate surface area is 279 Å². The molecule has 3 aromatic carbocycles. The predicted molar refractivity (Wildman–Crippen MR) is 177 cm³/mol. The minimum atomic E-state index is -1.21. The third-order valence-electron chi connectivity index (χ3n) is 8.32. The molecule has 0 aliphatic carbocycles. The van der Waals surface area contributed by atoms with Crippen LogP contribution in [0.4, 0.5) is 10.5 Å². The number of rotatable bonds is 11. The van der Waals surface area contributed by atoms with E-state index in [1.165, 1.54) is 4.90 Å². The van der Waals surface area contributed by atoms with Crippen molar-refractivity contribution in [1.82, 2.24) is 9.80 Å². The lowest BCUT2D eigenvalue weighted by atomic mass is 9.80. The van der Waals surface area contributed by atoms with E-state index >= 15 is 0 Å². The highest BCUT2D eigenvalue weighted by molar-refractivity contribution is 6.35.